The standard InChI is InChI=1S/C23H17ClN2O3S/c1-29-18-6-4-5-17(13-18)26-22(28)19-7-2-3-8-20(19)25-23(26)30-14-21(27)15-9-11-16(24)12-10-15/h2-13H,14H2,1H3. The number of halogens is 1. The fourth-order valence-electron chi connectivity index (χ4n) is 3.04. The second-order valence-corrected chi connectivity index (χ2v) is 7.85. The van der Waals surface area contributed by atoms with Crippen LogP contribution in [0.3, 0.4) is 0 Å². The van der Waals surface area contributed by atoms with Crippen molar-refractivity contribution >= 4 is 40.0 Å². The van der Waals surface area contributed by atoms with Crippen LogP contribution in [0.2, 0.25) is 5.02 Å². The minimum absolute atomic E-state index is 0.0729. The first-order valence-corrected chi connectivity index (χ1v) is 10.5. The van der Waals surface area contributed by atoms with Gasteiger partial charge < -0.3 is 4.74 Å². The van der Waals surface area contributed by atoms with E-state index < -0.39 is 0 Å². The summed E-state index contributed by atoms with van der Waals surface area (Å²) in [5.41, 5.74) is 1.57. The first-order chi connectivity index (χ1) is 14.6. The van der Waals surface area contributed by atoms with E-state index in [-0.39, 0.29) is 17.1 Å². The zero-order chi connectivity index (χ0) is 21.1. The number of ketones is 1. The number of hydrogen-bond acceptors (Lipinski definition) is 5. The van der Waals surface area contributed by atoms with Crippen LogP contribution in [-0.2, 0) is 0 Å². The Morgan fingerprint density at radius 3 is 2.60 bits per heavy atom. The topological polar surface area (TPSA) is 61.2 Å². The minimum atomic E-state index is -0.199. The zero-order valence-electron chi connectivity index (χ0n) is 16.0. The van der Waals surface area contributed by atoms with Gasteiger partial charge in [-0.2, -0.15) is 0 Å². The summed E-state index contributed by atoms with van der Waals surface area (Å²) >= 11 is 7.12. The molecule has 7 heteroatoms. The number of carbonyl (C=O) groups excluding carboxylic acids is 1. The van der Waals surface area contributed by atoms with E-state index in [0.29, 0.717) is 38.1 Å². The van der Waals surface area contributed by atoms with Gasteiger partial charge in [-0.15, -0.1) is 0 Å². The fraction of sp³-hybridized carbons (Fsp3) is 0.0870. The van der Waals surface area contributed by atoms with Crippen LogP contribution in [0.15, 0.2) is 82.7 Å². The van der Waals surface area contributed by atoms with E-state index in [1.807, 2.05) is 18.2 Å². The predicted molar refractivity (Wildman–Crippen MR) is 120 cm³/mol. The maximum Gasteiger partial charge on any atom is 0.266 e. The van der Waals surface area contributed by atoms with Crippen LogP contribution in [0.1, 0.15) is 10.4 Å². The number of hydrogen-bond donors (Lipinski definition) is 0. The van der Waals surface area contributed by atoms with Gasteiger partial charge in [0.25, 0.3) is 5.56 Å². The molecule has 1 aromatic heterocycles. The van der Waals surface area contributed by atoms with Crippen molar-refractivity contribution in [2.75, 3.05) is 12.9 Å². The van der Waals surface area contributed by atoms with Crippen LogP contribution in [0.25, 0.3) is 16.6 Å². The van der Waals surface area contributed by atoms with E-state index in [1.54, 1.807) is 61.7 Å². The quantitative estimate of drug-likeness (QED) is 0.241. The highest BCUT2D eigenvalue weighted by atomic mass is 35.5. The van der Waals surface area contributed by atoms with E-state index in [2.05, 4.69) is 4.98 Å². The lowest BCUT2D eigenvalue weighted by atomic mass is 10.1. The average molecular weight is 437 g/mol. The molecule has 4 rings (SSSR count). The van der Waals surface area contributed by atoms with E-state index in [0.717, 1.165) is 0 Å². The summed E-state index contributed by atoms with van der Waals surface area (Å²) in [6.45, 7) is 0. The van der Waals surface area contributed by atoms with Crippen molar-refractivity contribution in [3.63, 3.8) is 0 Å². The highest BCUT2D eigenvalue weighted by molar-refractivity contribution is 7.99. The normalized spacial score (nSPS) is 10.9. The zero-order valence-corrected chi connectivity index (χ0v) is 17.6. The van der Waals surface area contributed by atoms with E-state index in [9.17, 15) is 9.59 Å². The van der Waals surface area contributed by atoms with Crippen molar-refractivity contribution in [2.45, 2.75) is 5.16 Å². The Balaban J connectivity index is 1.76. The highest BCUT2D eigenvalue weighted by Gasteiger charge is 2.16. The van der Waals surface area contributed by atoms with Crippen LogP contribution in [0.5, 0.6) is 5.75 Å². The Morgan fingerprint density at radius 1 is 1.07 bits per heavy atom. The van der Waals surface area contributed by atoms with Gasteiger partial charge in [0.2, 0.25) is 0 Å². The van der Waals surface area contributed by atoms with Crippen LogP contribution < -0.4 is 10.3 Å². The SMILES string of the molecule is COc1cccc(-n2c(SCC(=O)c3ccc(Cl)cc3)nc3ccccc3c2=O)c1. The number of carbonyl (C=O) groups is 1. The molecule has 0 aliphatic carbocycles. The summed E-state index contributed by atoms with van der Waals surface area (Å²) in [7, 11) is 1.57. The average Bonchev–Trinajstić information content (AvgIpc) is 2.78. The molecule has 150 valence electrons. The second kappa shape index (κ2) is 8.73. The third-order valence-electron chi connectivity index (χ3n) is 4.56. The Bertz CT molecular complexity index is 1290. The van der Waals surface area contributed by atoms with Crippen molar-refractivity contribution in [2.24, 2.45) is 0 Å². The Hall–Kier alpha value is -3.09. The van der Waals surface area contributed by atoms with Crippen LogP contribution in [0, 0.1) is 0 Å². The Kier molecular flexibility index (Phi) is 5.88. The summed E-state index contributed by atoms with van der Waals surface area (Å²) in [5, 5.41) is 1.52. The minimum Gasteiger partial charge on any atom is -0.497 e. The predicted octanol–water partition coefficient (Wildman–Crippen LogP) is 5.02. The second-order valence-electron chi connectivity index (χ2n) is 6.47. The number of Topliss-reactive ketones (excluding diaryl/α,β-unsaturated/α-hetero) is 1. The number of ether oxygens (including phenoxy) is 1. The Labute approximate surface area is 182 Å². The molecule has 5 nitrogen and oxygen atoms in total. The molecule has 0 aliphatic rings. The van der Waals surface area contributed by atoms with Gasteiger partial charge in [0, 0.05) is 16.7 Å². The van der Waals surface area contributed by atoms with Crippen LogP contribution in [-0.4, -0.2) is 28.2 Å². The molecule has 0 radical (unpaired) electrons. The van der Waals surface area contributed by atoms with Crippen molar-refractivity contribution in [3.8, 4) is 11.4 Å². The molecule has 0 atom stereocenters. The van der Waals surface area contributed by atoms with Crippen molar-refractivity contribution in [1.29, 1.82) is 0 Å². The van der Waals surface area contributed by atoms with E-state index in [4.69, 9.17) is 16.3 Å². The molecule has 30 heavy (non-hydrogen) atoms. The fourth-order valence-corrected chi connectivity index (χ4v) is 4.07. The lowest BCUT2D eigenvalue weighted by Crippen LogP contribution is -2.22. The van der Waals surface area contributed by atoms with E-state index in [1.165, 1.54) is 16.3 Å². The van der Waals surface area contributed by atoms with Gasteiger partial charge >= 0.3 is 0 Å². The molecule has 3 aromatic carbocycles. The first kappa shape index (κ1) is 20.2. The summed E-state index contributed by atoms with van der Waals surface area (Å²) in [6.07, 6.45) is 0. The number of thioether (sulfide) groups is 1. The molecule has 1 heterocycles. The molecule has 0 unspecified atom stereocenters. The molecule has 0 saturated carbocycles. The number of benzene rings is 3. The van der Waals surface area contributed by atoms with E-state index >= 15 is 0 Å². The number of nitrogens with zero attached hydrogens (tertiary/aromatic N) is 2. The lowest BCUT2D eigenvalue weighted by Gasteiger charge is -2.14. The summed E-state index contributed by atoms with van der Waals surface area (Å²) in [4.78, 5) is 30.6. The number of methoxy groups -OCH3 is 1. The smallest absolute Gasteiger partial charge is 0.266 e. The van der Waals surface area contributed by atoms with Gasteiger partial charge in [0.05, 0.1) is 29.5 Å². The van der Waals surface area contributed by atoms with Crippen molar-refractivity contribution < 1.29 is 9.53 Å². The summed E-state index contributed by atoms with van der Waals surface area (Å²) in [5.74, 6) is 0.688. The summed E-state index contributed by atoms with van der Waals surface area (Å²) in [6, 6.07) is 21.1. The molecule has 0 saturated heterocycles. The maximum atomic E-state index is 13.3. The molecule has 0 spiro atoms. The van der Waals surface area contributed by atoms with Gasteiger partial charge in [0.15, 0.2) is 10.9 Å². The molecule has 0 amide bonds. The highest BCUT2D eigenvalue weighted by Crippen LogP contribution is 2.24. The monoisotopic (exact) mass is 436 g/mol. The van der Waals surface area contributed by atoms with Crippen molar-refractivity contribution in [3.05, 3.63) is 93.7 Å². The van der Waals surface area contributed by atoms with Crippen LogP contribution >= 0.6 is 23.4 Å². The van der Waals surface area contributed by atoms with Crippen molar-refractivity contribution in [1.82, 2.24) is 9.55 Å². The summed E-state index contributed by atoms with van der Waals surface area (Å²) < 4.78 is 6.82. The number of aromatic nitrogens is 2. The number of fused-ring (bicyclic) bond motifs is 1. The van der Waals surface area contributed by atoms with Gasteiger partial charge in [-0.3, -0.25) is 14.2 Å². The van der Waals surface area contributed by atoms with Gasteiger partial charge in [-0.1, -0.05) is 41.6 Å². The van der Waals surface area contributed by atoms with Crippen LogP contribution in [0.4, 0.5) is 0 Å². The number of rotatable bonds is 6. The number of para-hydroxylation sites is 1. The lowest BCUT2D eigenvalue weighted by molar-refractivity contribution is 0.102. The molecule has 4 aromatic rings. The third-order valence-corrected chi connectivity index (χ3v) is 5.75. The molecular formula is C23H17ClN2O3S. The third kappa shape index (κ3) is 4.10. The Morgan fingerprint density at radius 2 is 1.83 bits per heavy atom. The largest absolute Gasteiger partial charge is 0.497 e. The maximum absolute atomic E-state index is 13.3. The molecule has 0 fully saturated rings. The molecule has 0 N–H and O–H groups in total. The molecule has 0 aliphatic heterocycles. The van der Waals surface area contributed by atoms with Gasteiger partial charge in [0.1, 0.15) is 5.75 Å². The first-order valence-electron chi connectivity index (χ1n) is 9.14. The molecule has 0 bridgehead atoms. The van der Waals surface area contributed by atoms with Gasteiger partial charge in [-0.05, 0) is 48.5 Å². The molecular weight excluding hydrogens is 420 g/mol. The van der Waals surface area contributed by atoms with Gasteiger partial charge in [-0.25, -0.2) is 4.98 Å².